The molecule has 0 saturated carbocycles. The summed E-state index contributed by atoms with van der Waals surface area (Å²) < 4.78 is 10.7. The second kappa shape index (κ2) is 14.1. The van der Waals surface area contributed by atoms with Crippen molar-refractivity contribution in [3.8, 4) is 0 Å². The van der Waals surface area contributed by atoms with Crippen molar-refractivity contribution in [2.75, 3.05) is 13.2 Å². The normalized spacial score (nSPS) is 12.7. The molecule has 0 aromatic rings. The molecule has 1 atom stereocenters. The van der Waals surface area contributed by atoms with Gasteiger partial charge in [0.25, 0.3) is 0 Å². The van der Waals surface area contributed by atoms with E-state index < -0.39 is 17.4 Å². The Labute approximate surface area is 155 Å². The molecule has 0 radical (unpaired) electrons. The predicted molar refractivity (Wildman–Crippen MR) is 102 cm³/mol. The molecule has 0 aromatic heterocycles. The fourth-order valence-electron chi connectivity index (χ4n) is 3.41. The molecule has 4 heteroatoms. The minimum absolute atomic E-state index is 0.0657. The van der Waals surface area contributed by atoms with Crippen molar-refractivity contribution in [1.82, 2.24) is 0 Å². The van der Waals surface area contributed by atoms with Crippen molar-refractivity contribution < 1.29 is 19.1 Å². The van der Waals surface area contributed by atoms with Gasteiger partial charge >= 0.3 is 11.9 Å². The number of hydrogen-bond acceptors (Lipinski definition) is 4. The maximum atomic E-state index is 12.9. The molecular weight excluding hydrogens is 316 g/mol. The zero-order valence-electron chi connectivity index (χ0n) is 17.2. The molecule has 4 nitrogen and oxygen atoms in total. The van der Waals surface area contributed by atoms with Crippen LogP contribution in [0.2, 0.25) is 0 Å². The Morgan fingerprint density at radius 3 is 1.68 bits per heavy atom. The van der Waals surface area contributed by atoms with Crippen LogP contribution in [0.25, 0.3) is 0 Å². The Hall–Kier alpha value is -1.06. The van der Waals surface area contributed by atoms with E-state index in [1.54, 1.807) is 13.8 Å². The van der Waals surface area contributed by atoms with Crippen molar-refractivity contribution in [3.05, 3.63) is 0 Å². The highest BCUT2D eigenvalue weighted by Crippen LogP contribution is 2.40. The number of hydrogen-bond donors (Lipinski definition) is 0. The third kappa shape index (κ3) is 7.79. The first-order valence-corrected chi connectivity index (χ1v) is 10.4. The highest BCUT2D eigenvalue weighted by Gasteiger charge is 2.52. The molecule has 25 heavy (non-hydrogen) atoms. The lowest BCUT2D eigenvalue weighted by Crippen LogP contribution is -2.47. The second-order valence-corrected chi connectivity index (χ2v) is 6.97. The molecule has 0 saturated heterocycles. The third-order valence-corrected chi connectivity index (χ3v) is 5.04. The highest BCUT2D eigenvalue weighted by molar-refractivity contribution is 6.00. The Bertz CT molecular complexity index is 347. The van der Waals surface area contributed by atoms with Crippen LogP contribution in [0.1, 0.15) is 98.8 Å². The first-order chi connectivity index (χ1) is 12.0. The number of unbranched alkanes of at least 4 members (excludes halogenated alkanes) is 6. The zero-order chi connectivity index (χ0) is 19.1. The van der Waals surface area contributed by atoms with Crippen molar-refractivity contribution in [2.45, 2.75) is 98.8 Å². The lowest BCUT2D eigenvalue weighted by Gasteiger charge is -2.34. The molecule has 0 unspecified atom stereocenters. The van der Waals surface area contributed by atoms with E-state index >= 15 is 0 Å². The Morgan fingerprint density at radius 1 is 0.760 bits per heavy atom. The van der Waals surface area contributed by atoms with Gasteiger partial charge in [0.15, 0.2) is 5.41 Å². The van der Waals surface area contributed by atoms with Gasteiger partial charge in [-0.3, -0.25) is 9.59 Å². The maximum absolute atomic E-state index is 12.9. The largest absolute Gasteiger partial charge is 0.465 e. The van der Waals surface area contributed by atoms with Gasteiger partial charge < -0.3 is 9.47 Å². The van der Waals surface area contributed by atoms with E-state index in [1.807, 2.05) is 6.92 Å². The minimum atomic E-state index is -1.15. The standard InChI is InChI=1S/C21H40O4/c1-6-10-12-14-16-18(5)21(19(22)24-8-3,20(23)25-9-4)17-15-13-11-7-2/h18H,6-17H2,1-5H3/t18-/m1/s1. The number of ether oxygens (including phenoxy) is 2. The van der Waals surface area contributed by atoms with Crippen molar-refractivity contribution in [2.24, 2.45) is 11.3 Å². The molecule has 0 spiro atoms. The fourth-order valence-corrected chi connectivity index (χ4v) is 3.41. The molecule has 0 aromatic carbocycles. The summed E-state index contributed by atoms with van der Waals surface area (Å²) in [4.78, 5) is 25.7. The second-order valence-electron chi connectivity index (χ2n) is 6.97. The zero-order valence-corrected chi connectivity index (χ0v) is 17.2. The minimum Gasteiger partial charge on any atom is -0.465 e. The van der Waals surface area contributed by atoms with Crippen LogP contribution in [0.15, 0.2) is 0 Å². The summed E-state index contributed by atoms with van der Waals surface area (Å²) in [5, 5.41) is 0. The number of rotatable bonds is 15. The van der Waals surface area contributed by atoms with E-state index in [1.165, 1.54) is 12.8 Å². The molecule has 0 heterocycles. The van der Waals surface area contributed by atoms with Crippen LogP contribution in [-0.4, -0.2) is 25.2 Å². The monoisotopic (exact) mass is 356 g/mol. The predicted octanol–water partition coefficient (Wildman–Crippen LogP) is 5.68. The molecule has 0 amide bonds. The van der Waals surface area contributed by atoms with Gasteiger partial charge in [-0.05, 0) is 32.6 Å². The molecular formula is C21H40O4. The molecule has 148 valence electrons. The van der Waals surface area contributed by atoms with Crippen LogP contribution < -0.4 is 0 Å². The summed E-state index contributed by atoms with van der Waals surface area (Å²) in [5.74, 6) is -0.857. The number of esters is 2. The van der Waals surface area contributed by atoms with Crippen molar-refractivity contribution >= 4 is 11.9 Å². The van der Waals surface area contributed by atoms with Crippen LogP contribution in [0.4, 0.5) is 0 Å². The van der Waals surface area contributed by atoms with Gasteiger partial charge in [0.05, 0.1) is 13.2 Å². The van der Waals surface area contributed by atoms with Crippen LogP contribution >= 0.6 is 0 Å². The highest BCUT2D eigenvalue weighted by atomic mass is 16.6. The van der Waals surface area contributed by atoms with Gasteiger partial charge in [-0.15, -0.1) is 0 Å². The van der Waals surface area contributed by atoms with Crippen molar-refractivity contribution in [3.63, 3.8) is 0 Å². The van der Waals surface area contributed by atoms with E-state index in [9.17, 15) is 9.59 Å². The van der Waals surface area contributed by atoms with Gasteiger partial charge in [-0.1, -0.05) is 72.1 Å². The maximum Gasteiger partial charge on any atom is 0.323 e. The quantitative estimate of drug-likeness (QED) is 0.215. The van der Waals surface area contributed by atoms with Crippen LogP contribution in [0, 0.1) is 11.3 Å². The van der Waals surface area contributed by atoms with Crippen LogP contribution in [-0.2, 0) is 19.1 Å². The summed E-state index contributed by atoms with van der Waals surface area (Å²) >= 11 is 0. The van der Waals surface area contributed by atoms with Gasteiger partial charge in [-0.2, -0.15) is 0 Å². The molecule has 0 aliphatic carbocycles. The first kappa shape index (κ1) is 23.9. The molecule has 0 fully saturated rings. The summed E-state index contributed by atoms with van der Waals surface area (Å²) in [5.41, 5.74) is -1.15. The van der Waals surface area contributed by atoms with E-state index in [0.29, 0.717) is 6.42 Å². The first-order valence-electron chi connectivity index (χ1n) is 10.4. The molecule has 0 aliphatic heterocycles. The van der Waals surface area contributed by atoms with Crippen molar-refractivity contribution in [1.29, 1.82) is 0 Å². The summed E-state index contributed by atoms with van der Waals surface area (Å²) in [6.07, 6.45) is 10.0. The number of carbonyl (C=O) groups excluding carboxylic acids is 2. The van der Waals surface area contributed by atoms with Gasteiger partial charge in [0.2, 0.25) is 0 Å². The average molecular weight is 357 g/mol. The smallest absolute Gasteiger partial charge is 0.323 e. The summed E-state index contributed by atoms with van der Waals surface area (Å²) in [7, 11) is 0. The molecule has 0 bridgehead atoms. The lowest BCUT2D eigenvalue weighted by molar-refractivity contribution is -0.177. The topological polar surface area (TPSA) is 52.6 Å². The molecule has 0 aliphatic rings. The van der Waals surface area contributed by atoms with E-state index in [-0.39, 0.29) is 19.1 Å². The van der Waals surface area contributed by atoms with Gasteiger partial charge in [0.1, 0.15) is 0 Å². The Morgan fingerprint density at radius 2 is 1.24 bits per heavy atom. The summed E-state index contributed by atoms with van der Waals surface area (Å²) in [6, 6.07) is 0. The van der Waals surface area contributed by atoms with Gasteiger partial charge in [-0.25, -0.2) is 0 Å². The van der Waals surface area contributed by atoms with E-state index in [2.05, 4.69) is 13.8 Å². The summed E-state index contributed by atoms with van der Waals surface area (Å²) in [6.45, 7) is 10.5. The lowest BCUT2D eigenvalue weighted by atomic mass is 9.70. The Kier molecular flexibility index (Phi) is 13.5. The van der Waals surface area contributed by atoms with E-state index in [0.717, 1.165) is 44.9 Å². The number of carbonyl (C=O) groups is 2. The molecule has 0 rings (SSSR count). The van der Waals surface area contributed by atoms with E-state index in [4.69, 9.17) is 9.47 Å². The SMILES string of the molecule is CCCCCC[C@@H](C)C(CCCCCC)(C(=O)OCC)C(=O)OCC. The average Bonchev–Trinajstić information content (AvgIpc) is 2.59. The van der Waals surface area contributed by atoms with Gasteiger partial charge in [0, 0.05) is 0 Å². The van der Waals surface area contributed by atoms with Crippen LogP contribution in [0.5, 0.6) is 0 Å². The van der Waals surface area contributed by atoms with Crippen LogP contribution in [0.3, 0.4) is 0 Å². The third-order valence-electron chi connectivity index (χ3n) is 5.04. The Balaban J connectivity index is 5.33. The fraction of sp³-hybridized carbons (Fsp3) is 0.905. The molecule has 0 N–H and O–H groups in total.